The van der Waals surface area contributed by atoms with E-state index in [1.165, 1.54) is 25.5 Å². The van der Waals surface area contributed by atoms with Gasteiger partial charge in [-0.05, 0) is 25.0 Å². The molecule has 0 radical (unpaired) electrons. The predicted molar refractivity (Wildman–Crippen MR) is 51.0 cm³/mol. The fourth-order valence-corrected chi connectivity index (χ4v) is 1.63. The van der Waals surface area contributed by atoms with Crippen LogP contribution in [-0.4, -0.2) is 21.5 Å². The summed E-state index contributed by atoms with van der Waals surface area (Å²) in [7, 11) is 0. The molecule has 1 fully saturated rings. The zero-order valence-corrected chi connectivity index (χ0v) is 12.3. The Hall–Kier alpha value is -0.0336. The summed E-state index contributed by atoms with van der Waals surface area (Å²) in [6.07, 6.45) is 6.86. The van der Waals surface area contributed by atoms with Crippen molar-refractivity contribution in [3.05, 3.63) is 17.5 Å². The van der Waals surface area contributed by atoms with Crippen molar-refractivity contribution in [3.63, 3.8) is 0 Å². The molecule has 5 nitrogen and oxygen atoms in total. The summed E-state index contributed by atoms with van der Waals surface area (Å²) < 4.78 is 1.59. The molecule has 0 saturated heterocycles. The van der Waals surface area contributed by atoms with Crippen LogP contribution in [0, 0.1) is 17.2 Å². The Balaban J connectivity index is 0.00000112. The first-order chi connectivity index (χ1) is 6.85. The second kappa shape index (κ2) is 7.32. The van der Waals surface area contributed by atoms with Gasteiger partial charge in [0.25, 0.3) is 0 Å². The summed E-state index contributed by atoms with van der Waals surface area (Å²) in [5, 5.41) is 12.7. The Labute approximate surface area is 137 Å². The molecule has 80 valence electrons. The van der Waals surface area contributed by atoms with Gasteiger partial charge in [0.05, 0.1) is 0 Å². The summed E-state index contributed by atoms with van der Waals surface area (Å²) in [6.45, 7) is 0.742. The zero-order chi connectivity index (χ0) is 9.97. The van der Waals surface area contributed by atoms with Gasteiger partial charge in [0.2, 0.25) is 0 Å². The second-order valence-electron chi connectivity index (χ2n) is 3.60. The molecule has 0 amide bonds. The molecule has 0 spiro atoms. The largest absolute Gasteiger partial charge is 1.00 e. The number of nitrogens with zero attached hydrogens (tertiary/aromatic N) is 3. The van der Waals surface area contributed by atoms with Crippen LogP contribution in [0.2, 0.25) is 0 Å². The first kappa shape index (κ1) is 16.0. The summed E-state index contributed by atoms with van der Waals surface area (Å²) in [5.74, 6) is 0.619. The van der Waals surface area contributed by atoms with Crippen molar-refractivity contribution in [1.29, 1.82) is 5.26 Å². The van der Waals surface area contributed by atoms with Crippen molar-refractivity contribution in [2.24, 2.45) is 5.92 Å². The van der Waals surface area contributed by atoms with Gasteiger partial charge >= 0.3 is 51.4 Å². The second-order valence-corrected chi connectivity index (χ2v) is 3.60. The summed E-state index contributed by atoms with van der Waals surface area (Å²) in [4.78, 5) is 10.6. The van der Waals surface area contributed by atoms with Crippen molar-refractivity contribution in [1.82, 2.24) is 9.78 Å². The molecule has 0 aromatic carbocycles. The molecule has 0 unspecified atom stereocenters. The zero-order valence-electron chi connectivity index (χ0n) is 9.18. The Bertz CT molecular complexity index is 393. The van der Waals surface area contributed by atoms with Crippen LogP contribution in [0.15, 0.2) is 6.20 Å². The van der Waals surface area contributed by atoms with Crippen LogP contribution in [-0.2, 0) is 11.3 Å². The third-order valence-electron chi connectivity index (χ3n) is 2.71. The normalized spacial score (nSPS) is 13.9. The van der Waals surface area contributed by atoms with Gasteiger partial charge < -0.3 is 10.3 Å². The topological polar surface area (TPSA) is 88.7 Å². The van der Waals surface area contributed by atoms with E-state index in [-0.39, 0.29) is 56.9 Å². The fourth-order valence-electron chi connectivity index (χ4n) is 1.63. The molecule has 1 aliphatic carbocycles. The first-order valence-electron chi connectivity index (χ1n) is 4.69. The van der Waals surface area contributed by atoms with Crippen LogP contribution in [0.3, 0.4) is 0 Å². The number of nitriles is 1. The van der Waals surface area contributed by atoms with E-state index in [0.29, 0.717) is 17.2 Å². The molecule has 1 N–H and O–H groups in total. The van der Waals surface area contributed by atoms with Crippen molar-refractivity contribution < 1.29 is 61.7 Å². The van der Waals surface area contributed by atoms with Gasteiger partial charge in [0.1, 0.15) is 0 Å². The number of hydrogen-bond donors (Lipinski definition) is 0. The van der Waals surface area contributed by atoms with E-state index in [1.807, 2.05) is 6.07 Å². The third-order valence-corrected chi connectivity index (χ3v) is 2.71. The maximum atomic E-state index is 10.6. The van der Waals surface area contributed by atoms with E-state index in [1.54, 1.807) is 11.0 Å². The first-order valence-corrected chi connectivity index (χ1v) is 4.69. The van der Waals surface area contributed by atoms with Gasteiger partial charge in [0.15, 0.2) is 0 Å². The van der Waals surface area contributed by atoms with E-state index < -0.39 is 0 Å². The quantitative estimate of drug-likeness (QED) is 0.447. The van der Waals surface area contributed by atoms with Gasteiger partial charge in [-0.15, -0.1) is 0 Å². The van der Waals surface area contributed by atoms with Gasteiger partial charge in [-0.3, -0.25) is 4.68 Å². The molecule has 0 atom stereocenters. The van der Waals surface area contributed by atoms with Crippen molar-refractivity contribution in [2.45, 2.75) is 25.8 Å². The standard InChI is InChI=1S/C10H10N3O.K.H2O/c11-4-9-5-12-13(10(9)7-14)6-8-2-1-3-8;;/h5,8H,1-3,6H2;;1H2/q-1;+1;/p-1. The summed E-state index contributed by atoms with van der Waals surface area (Å²) in [5.41, 5.74) is 0.610. The molecule has 2 rings (SSSR count). The molecule has 1 heterocycles. The van der Waals surface area contributed by atoms with E-state index in [9.17, 15) is 4.79 Å². The SMILES string of the molecule is N#Cc1cnn(CC2CCC2)c1[C-]=O.[K+].[OH-]. The van der Waals surface area contributed by atoms with Crippen LogP contribution in [0.1, 0.15) is 30.5 Å². The number of carbonyl (C=O) groups excluding carboxylic acids is 1. The maximum Gasteiger partial charge on any atom is 1.00 e. The number of hydrogen-bond acceptors (Lipinski definition) is 4. The van der Waals surface area contributed by atoms with E-state index in [0.717, 1.165) is 6.54 Å². The summed E-state index contributed by atoms with van der Waals surface area (Å²) in [6, 6.07) is 1.93. The molecule has 0 bridgehead atoms. The van der Waals surface area contributed by atoms with Crippen LogP contribution in [0.4, 0.5) is 0 Å². The van der Waals surface area contributed by atoms with Crippen LogP contribution in [0.25, 0.3) is 0 Å². The average molecular weight is 244 g/mol. The molecule has 0 aliphatic heterocycles. The van der Waals surface area contributed by atoms with Crippen molar-refractivity contribution >= 4 is 6.29 Å². The van der Waals surface area contributed by atoms with Gasteiger partial charge in [-0.2, -0.15) is 0 Å². The molecule has 1 aliphatic rings. The monoisotopic (exact) mass is 244 g/mol. The minimum Gasteiger partial charge on any atom is -0.870 e. The third kappa shape index (κ3) is 3.23. The smallest absolute Gasteiger partial charge is 0.870 e. The minimum atomic E-state index is 0. The van der Waals surface area contributed by atoms with Crippen LogP contribution in [0.5, 0.6) is 0 Å². The molecule has 1 aromatic heterocycles. The molecule has 6 heteroatoms. The van der Waals surface area contributed by atoms with E-state index in [2.05, 4.69) is 5.10 Å². The van der Waals surface area contributed by atoms with E-state index in [4.69, 9.17) is 5.26 Å². The van der Waals surface area contributed by atoms with Gasteiger partial charge in [-0.25, -0.2) is 10.4 Å². The predicted octanol–water partition coefficient (Wildman–Crippen LogP) is -2.16. The van der Waals surface area contributed by atoms with Crippen molar-refractivity contribution in [3.8, 4) is 6.07 Å². The summed E-state index contributed by atoms with van der Waals surface area (Å²) >= 11 is 0. The number of aromatic nitrogens is 2. The van der Waals surface area contributed by atoms with E-state index >= 15 is 0 Å². The molecular formula is C10H11KN3O2-. The number of rotatable bonds is 3. The minimum absolute atomic E-state index is 0. The molecular weight excluding hydrogens is 233 g/mol. The average Bonchev–Trinajstić information content (AvgIpc) is 2.53. The fraction of sp³-hybridized carbons (Fsp3) is 0.500. The maximum absolute atomic E-state index is 10.6. The Morgan fingerprint density at radius 1 is 1.62 bits per heavy atom. The van der Waals surface area contributed by atoms with Crippen molar-refractivity contribution in [2.75, 3.05) is 0 Å². The van der Waals surface area contributed by atoms with Gasteiger partial charge in [-0.1, -0.05) is 17.7 Å². The Morgan fingerprint density at radius 2 is 2.31 bits per heavy atom. The molecule has 16 heavy (non-hydrogen) atoms. The Kier molecular flexibility index (Phi) is 7.31. The Morgan fingerprint density at radius 3 is 2.75 bits per heavy atom. The van der Waals surface area contributed by atoms with Crippen LogP contribution >= 0.6 is 0 Å². The van der Waals surface area contributed by atoms with Gasteiger partial charge in [0, 0.05) is 18.9 Å². The van der Waals surface area contributed by atoms with Crippen LogP contribution < -0.4 is 51.4 Å². The molecule has 1 saturated carbocycles. The molecule has 1 aromatic rings.